The van der Waals surface area contributed by atoms with Crippen molar-refractivity contribution < 1.29 is 37.3 Å². The number of nitrogens with zero attached hydrogens (tertiary/aromatic N) is 1. The van der Waals surface area contributed by atoms with Crippen molar-refractivity contribution in [2.45, 2.75) is 27.0 Å². The first-order valence-electron chi connectivity index (χ1n) is 12.5. The Morgan fingerprint density at radius 3 is 2.44 bits per heavy atom. The number of carbonyl (C=O) groups is 1. The van der Waals surface area contributed by atoms with Crippen molar-refractivity contribution in [2.75, 3.05) is 26.1 Å². The monoisotopic (exact) mass is 566 g/mol. The molecule has 2 radical (unpaired) electrons. The molecule has 0 saturated carbocycles. The van der Waals surface area contributed by atoms with Crippen LogP contribution in [0.4, 0.5) is 18.9 Å². The number of aryl methyl sites for hydroxylation is 1. The quantitative estimate of drug-likeness (QED) is 0.235. The molecule has 1 aromatic heterocycles. The maximum absolute atomic E-state index is 15.2. The molecular formula is C29H26BF3N2O6. The highest BCUT2D eigenvalue weighted by atomic mass is 19.2. The molecule has 0 aliphatic carbocycles. The Morgan fingerprint density at radius 2 is 1.80 bits per heavy atom. The molecule has 212 valence electrons. The number of fused-ring (bicyclic) bond motifs is 1. The Balaban J connectivity index is 1.96. The molecule has 0 amide bonds. The van der Waals surface area contributed by atoms with Crippen molar-refractivity contribution in [3.8, 4) is 17.2 Å². The average Bonchev–Trinajstić information content (AvgIpc) is 2.97. The van der Waals surface area contributed by atoms with Crippen LogP contribution in [0.5, 0.6) is 11.5 Å². The number of rotatable bonds is 9. The lowest BCUT2D eigenvalue weighted by atomic mass is 9.88. The molecule has 8 nitrogen and oxygen atoms in total. The van der Waals surface area contributed by atoms with E-state index in [1.165, 1.54) is 34.1 Å². The second-order valence-electron chi connectivity index (χ2n) is 9.00. The molecule has 4 aromatic rings. The van der Waals surface area contributed by atoms with Crippen LogP contribution in [0, 0.1) is 24.4 Å². The number of aliphatic hydroxyl groups excluding tert-OH is 1. The lowest BCUT2D eigenvalue weighted by Gasteiger charge is -2.21. The fourth-order valence-corrected chi connectivity index (χ4v) is 4.55. The number of carbonyl (C=O) groups excluding carboxylic acids is 1. The molecule has 12 heteroatoms. The number of anilines is 1. The number of pyridine rings is 1. The van der Waals surface area contributed by atoms with E-state index in [-0.39, 0.29) is 46.6 Å². The van der Waals surface area contributed by atoms with Crippen molar-refractivity contribution in [3.63, 3.8) is 0 Å². The van der Waals surface area contributed by atoms with Crippen LogP contribution in [0.3, 0.4) is 0 Å². The number of methoxy groups -OCH3 is 2. The summed E-state index contributed by atoms with van der Waals surface area (Å²) < 4.78 is 61.5. The van der Waals surface area contributed by atoms with Gasteiger partial charge in [0.2, 0.25) is 5.43 Å². The van der Waals surface area contributed by atoms with Gasteiger partial charge in [0.05, 0.1) is 49.7 Å². The third kappa shape index (κ3) is 5.34. The summed E-state index contributed by atoms with van der Waals surface area (Å²) in [5.74, 6) is -3.45. The number of halogens is 3. The van der Waals surface area contributed by atoms with Crippen molar-refractivity contribution >= 4 is 35.9 Å². The predicted octanol–water partition coefficient (Wildman–Crippen LogP) is 3.81. The van der Waals surface area contributed by atoms with Crippen LogP contribution in [0.15, 0.2) is 41.3 Å². The molecule has 0 aliphatic rings. The number of ether oxygens (including phenoxy) is 3. The van der Waals surface area contributed by atoms with Gasteiger partial charge in [-0.3, -0.25) is 4.79 Å². The SMILES string of the molecule is [B]c1c(F)c(F)c(C)c2c(=O)c(C(=O)OCC)cn(-c3cc(NCc4ccc(OC)cc4OC)c(F)cc3CO)c12. The van der Waals surface area contributed by atoms with Crippen LogP contribution in [-0.4, -0.2) is 44.3 Å². The molecule has 1 heterocycles. The van der Waals surface area contributed by atoms with E-state index in [0.29, 0.717) is 17.1 Å². The molecule has 0 unspecified atom stereocenters. The summed E-state index contributed by atoms with van der Waals surface area (Å²) in [7, 11) is 8.95. The van der Waals surface area contributed by atoms with E-state index in [0.717, 1.165) is 16.8 Å². The van der Waals surface area contributed by atoms with Crippen molar-refractivity contribution in [2.24, 2.45) is 0 Å². The summed E-state index contributed by atoms with van der Waals surface area (Å²) in [6, 6.07) is 7.44. The van der Waals surface area contributed by atoms with E-state index in [1.807, 2.05) is 0 Å². The largest absolute Gasteiger partial charge is 0.497 e. The Hall–Kier alpha value is -4.45. The Labute approximate surface area is 234 Å². The number of benzene rings is 3. The topological polar surface area (TPSA) is 99.0 Å². The van der Waals surface area contributed by atoms with Crippen molar-refractivity contribution in [3.05, 3.63) is 86.5 Å². The average molecular weight is 566 g/mol. The lowest BCUT2D eigenvalue weighted by molar-refractivity contribution is 0.0524. The van der Waals surface area contributed by atoms with Gasteiger partial charge in [0.15, 0.2) is 11.6 Å². The van der Waals surface area contributed by atoms with E-state index in [1.54, 1.807) is 18.2 Å². The van der Waals surface area contributed by atoms with E-state index >= 15 is 4.39 Å². The minimum absolute atomic E-state index is 0.0108. The van der Waals surface area contributed by atoms with E-state index in [4.69, 9.17) is 22.1 Å². The first kappa shape index (κ1) is 29.5. The minimum Gasteiger partial charge on any atom is -0.497 e. The second kappa shape index (κ2) is 12.0. The smallest absolute Gasteiger partial charge is 0.343 e. The molecule has 0 aliphatic heterocycles. The van der Waals surface area contributed by atoms with Crippen molar-refractivity contribution in [1.82, 2.24) is 4.57 Å². The standard InChI is InChI=1S/C29H26BF3N2O6/c1-5-41-29(38)18-12-35(27-23(28(18)37)14(2)25(32)26(33)24(27)30)21-10-20(19(31)8-16(21)13-36)34-11-15-6-7-17(39-3)9-22(15)40-4/h6-10,12,34,36H,5,11,13H2,1-4H3. The summed E-state index contributed by atoms with van der Waals surface area (Å²) in [4.78, 5) is 26.0. The maximum Gasteiger partial charge on any atom is 0.343 e. The Bertz CT molecular complexity index is 1720. The Kier molecular flexibility index (Phi) is 8.62. The van der Waals surface area contributed by atoms with Gasteiger partial charge in [-0.2, -0.15) is 0 Å². The fraction of sp³-hybridized carbons (Fsp3) is 0.241. The number of aromatic nitrogens is 1. The zero-order valence-electron chi connectivity index (χ0n) is 22.7. The van der Waals surface area contributed by atoms with Crippen LogP contribution in [0.2, 0.25) is 0 Å². The van der Waals surface area contributed by atoms with Gasteiger partial charge in [0, 0.05) is 35.5 Å². The number of aliphatic hydroxyl groups is 1. The first-order valence-corrected chi connectivity index (χ1v) is 12.5. The van der Waals surface area contributed by atoms with Gasteiger partial charge in [-0.1, -0.05) is 0 Å². The molecule has 4 rings (SSSR count). The van der Waals surface area contributed by atoms with Crippen LogP contribution in [0.25, 0.3) is 16.6 Å². The zero-order valence-corrected chi connectivity index (χ0v) is 22.7. The summed E-state index contributed by atoms with van der Waals surface area (Å²) in [5, 5.41) is 12.7. The molecule has 0 fully saturated rings. The molecule has 0 bridgehead atoms. The summed E-state index contributed by atoms with van der Waals surface area (Å²) in [6.07, 6.45) is 1.05. The highest BCUT2D eigenvalue weighted by Crippen LogP contribution is 2.30. The summed E-state index contributed by atoms with van der Waals surface area (Å²) in [6.45, 7) is 2.07. The molecule has 41 heavy (non-hydrogen) atoms. The molecule has 0 atom stereocenters. The zero-order chi connectivity index (χ0) is 30.0. The van der Waals surface area contributed by atoms with Gasteiger partial charge in [-0.05, 0) is 43.6 Å². The lowest BCUT2D eigenvalue weighted by Crippen LogP contribution is -2.27. The van der Waals surface area contributed by atoms with Crippen LogP contribution in [-0.2, 0) is 17.9 Å². The number of esters is 1. The second-order valence-corrected chi connectivity index (χ2v) is 9.00. The highest BCUT2D eigenvalue weighted by molar-refractivity contribution is 6.38. The number of hydrogen-bond donors (Lipinski definition) is 2. The number of hydrogen-bond acceptors (Lipinski definition) is 7. The first-order chi connectivity index (χ1) is 19.6. The van der Waals surface area contributed by atoms with Crippen LogP contribution in [0.1, 0.15) is 34.0 Å². The van der Waals surface area contributed by atoms with Gasteiger partial charge in [0.1, 0.15) is 30.7 Å². The van der Waals surface area contributed by atoms with Crippen LogP contribution >= 0.6 is 0 Å². The Morgan fingerprint density at radius 1 is 1.07 bits per heavy atom. The molecule has 2 N–H and O–H groups in total. The maximum atomic E-state index is 15.2. The normalized spacial score (nSPS) is 11.0. The van der Waals surface area contributed by atoms with E-state index in [2.05, 4.69) is 5.32 Å². The highest BCUT2D eigenvalue weighted by Gasteiger charge is 2.25. The van der Waals surface area contributed by atoms with E-state index < -0.39 is 46.5 Å². The summed E-state index contributed by atoms with van der Waals surface area (Å²) >= 11 is 0. The van der Waals surface area contributed by atoms with E-state index in [9.17, 15) is 23.5 Å². The third-order valence-electron chi connectivity index (χ3n) is 6.65. The minimum atomic E-state index is -1.40. The molecule has 0 saturated heterocycles. The third-order valence-corrected chi connectivity index (χ3v) is 6.65. The van der Waals surface area contributed by atoms with Gasteiger partial charge < -0.3 is 29.2 Å². The van der Waals surface area contributed by atoms with Gasteiger partial charge >= 0.3 is 5.97 Å². The fourth-order valence-electron chi connectivity index (χ4n) is 4.55. The van der Waals surface area contributed by atoms with Gasteiger partial charge in [0.25, 0.3) is 0 Å². The predicted molar refractivity (Wildman–Crippen MR) is 148 cm³/mol. The number of nitrogens with one attached hydrogen (secondary N) is 1. The summed E-state index contributed by atoms with van der Waals surface area (Å²) in [5.41, 5.74) is -2.08. The van der Waals surface area contributed by atoms with Gasteiger partial charge in [-0.25, -0.2) is 18.0 Å². The molecule has 0 spiro atoms. The van der Waals surface area contributed by atoms with Crippen molar-refractivity contribution in [1.29, 1.82) is 0 Å². The molecular weight excluding hydrogens is 540 g/mol. The van der Waals surface area contributed by atoms with Crippen LogP contribution < -0.4 is 25.7 Å². The molecule has 3 aromatic carbocycles. The van der Waals surface area contributed by atoms with Gasteiger partial charge in [-0.15, -0.1) is 0 Å².